The largest absolute Gasteiger partial charge is 0.416 e. The Morgan fingerprint density at radius 1 is 1.14 bits per heavy atom. The zero-order valence-corrected chi connectivity index (χ0v) is 8.99. The smallest absolute Gasteiger partial charge is 0.381 e. The molecular weight excluding hydrogens is 193 g/mol. The van der Waals surface area contributed by atoms with Crippen LogP contribution in [0.5, 0.6) is 0 Å². The highest BCUT2D eigenvalue weighted by atomic mass is 19.4. The minimum absolute atomic E-state index is 0.206. The molecule has 0 aromatic rings. The molecule has 1 nitrogen and oxygen atoms in total. The SMILES string of the molecule is CCC(CC)CCC(C)(O)C(F)(F)F. The number of hydrogen-bond donors (Lipinski definition) is 1. The van der Waals surface area contributed by atoms with Gasteiger partial charge in [0.2, 0.25) is 0 Å². The normalized spacial score (nSPS) is 17.1. The molecule has 0 saturated carbocycles. The van der Waals surface area contributed by atoms with E-state index in [0.29, 0.717) is 6.42 Å². The Morgan fingerprint density at radius 2 is 1.57 bits per heavy atom. The van der Waals surface area contributed by atoms with Gasteiger partial charge in [0.05, 0.1) is 0 Å². The van der Waals surface area contributed by atoms with Crippen molar-refractivity contribution < 1.29 is 18.3 Å². The van der Waals surface area contributed by atoms with E-state index in [1.807, 2.05) is 13.8 Å². The molecule has 0 heterocycles. The van der Waals surface area contributed by atoms with E-state index < -0.39 is 11.8 Å². The van der Waals surface area contributed by atoms with Gasteiger partial charge in [-0.2, -0.15) is 13.2 Å². The monoisotopic (exact) mass is 212 g/mol. The molecular formula is C10H19F3O. The van der Waals surface area contributed by atoms with Crippen molar-refractivity contribution in [2.75, 3.05) is 0 Å². The van der Waals surface area contributed by atoms with Gasteiger partial charge in [0.1, 0.15) is 0 Å². The van der Waals surface area contributed by atoms with Crippen LogP contribution in [0.15, 0.2) is 0 Å². The summed E-state index contributed by atoms with van der Waals surface area (Å²) in [4.78, 5) is 0. The summed E-state index contributed by atoms with van der Waals surface area (Å²) >= 11 is 0. The molecule has 0 radical (unpaired) electrons. The Bertz CT molecular complexity index is 159. The highest BCUT2D eigenvalue weighted by molar-refractivity contribution is 4.81. The molecule has 0 saturated heterocycles. The van der Waals surface area contributed by atoms with E-state index in [1.165, 1.54) is 0 Å². The second kappa shape index (κ2) is 5.01. The van der Waals surface area contributed by atoms with Crippen LogP contribution in [-0.2, 0) is 0 Å². The van der Waals surface area contributed by atoms with Crippen LogP contribution in [0.1, 0.15) is 46.5 Å². The molecule has 86 valence electrons. The summed E-state index contributed by atoms with van der Waals surface area (Å²) in [5.74, 6) is 0.281. The Balaban J connectivity index is 4.11. The molecule has 4 heteroatoms. The summed E-state index contributed by atoms with van der Waals surface area (Å²) in [6, 6.07) is 0. The van der Waals surface area contributed by atoms with E-state index in [1.54, 1.807) is 0 Å². The lowest BCUT2D eigenvalue weighted by molar-refractivity contribution is -0.255. The molecule has 1 N–H and O–H groups in total. The molecule has 1 unspecified atom stereocenters. The van der Waals surface area contributed by atoms with Gasteiger partial charge in [-0.15, -0.1) is 0 Å². The quantitative estimate of drug-likeness (QED) is 0.739. The van der Waals surface area contributed by atoms with E-state index >= 15 is 0 Å². The van der Waals surface area contributed by atoms with Crippen LogP contribution in [0.4, 0.5) is 13.2 Å². The Labute approximate surface area is 83.3 Å². The first-order chi connectivity index (χ1) is 6.24. The Morgan fingerprint density at radius 3 is 1.86 bits per heavy atom. The standard InChI is InChI=1S/C10H19F3O/c1-4-8(5-2)6-7-9(3,14)10(11,12)13/h8,14H,4-7H2,1-3H3. The van der Waals surface area contributed by atoms with Crippen molar-refractivity contribution >= 4 is 0 Å². The van der Waals surface area contributed by atoms with E-state index in [9.17, 15) is 13.2 Å². The summed E-state index contributed by atoms with van der Waals surface area (Å²) < 4.78 is 36.7. The highest BCUT2D eigenvalue weighted by Gasteiger charge is 2.49. The van der Waals surface area contributed by atoms with Crippen molar-refractivity contribution in [1.82, 2.24) is 0 Å². The van der Waals surface area contributed by atoms with Gasteiger partial charge in [0.15, 0.2) is 5.60 Å². The van der Waals surface area contributed by atoms with Crippen LogP contribution >= 0.6 is 0 Å². The lowest BCUT2D eigenvalue weighted by atomic mass is 9.90. The molecule has 0 aliphatic rings. The molecule has 14 heavy (non-hydrogen) atoms. The van der Waals surface area contributed by atoms with E-state index in [0.717, 1.165) is 19.8 Å². The number of halogens is 3. The maximum Gasteiger partial charge on any atom is 0.416 e. The minimum Gasteiger partial charge on any atom is -0.381 e. The third kappa shape index (κ3) is 3.86. The van der Waals surface area contributed by atoms with Gasteiger partial charge in [0.25, 0.3) is 0 Å². The first-order valence-corrected chi connectivity index (χ1v) is 5.03. The minimum atomic E-state index is -4.51. The zero-order chi connectivity index (χ0) is 11.4. The molecule has 0 aromatic heterocycles. The number of aliphatic hydroxyl groups is 1. The lowest BCUT2D eigenvalue weighted by Crippen LogP contribution is -2.42. The fraction of sp³-hybridized carbons (Fsp3) is 1.00. The van der Waals surface area contributed by atoms with E-state index in [4.69, 9.17) is 5.11 Å². The number of rotatable bonds is 5. The molecule has 0 aliphatic heterocycles. The highest BCUT2D eigenvalue weighted by Crippen LogP contribution is 2.35. The van der Waals surface area contributed by atoms with Crippen molar-refractivity contribution in [1.29, 1.82) is 0 Å². The summed E-state index contributed by atoms with van der Waals surface area (Å²) in [7, 11) is 0. The summed E-state index contributed by atoms with van der Waals surface area (Å²) in [5.41, 5.74) is -2.53. The van der Waals surface area contributed by atoms with Crippen LogP contribution in [0.3, 0.4) is 0 Å². The van der Waals surface area contributed by atoms with Gasteiger partial charge in [-0.05, 0) is 25.7 Å². The van der Waals surface area contributed by atoms with Crippen LogP contribution in [-0.4, -0.2) is 16.9 Å². The number of hydrogen-bond acceptors (Lipinski definition) is 1. The second-order valence-electron chi connectivity index (χ2n) is 3.99. The van der Waals surface area contributed by atoms with Crippen molar-refractivity contribution in [2.45, 2.75) is 58.2 Å². The first-order valence-electron chi connectivity index (χ1n) is 5.03. The average Bonchev–Trinajstić information content (AvgIpc) is 2.04. The molecule has 0 spiro atoms. The molecule has 0 amide bonds. The van der Waals surface area contributed by atoms with Gasteiger partial charge in [-0.3, -0.25) is 0 Å². The van der Waals surface area contributed by atoms with E-state index in [-0.39, 0.29) is 12.3 Å². The fourth-order valence-electron chi connectivity index (χ4n) is 1.32. The van der Waals surface area contributed by atoms with Crippen LogP contribution in [0.25, 0.3) is 0 Å². The second-order valence-corrected chi connectivity index (χ2v) is 3.99. The topological polar surface area (TPSA) is 20.2 Å². The van der Waals surface area contributed by atoms with E-state index in [2.05, 4.69) is 0 Å². The third-order valence-electron chi connectivity index (χ3n) is 2.80. The van der Waals surface area contributed by atoms with Gasteiger partial charge in [0, 0.05) is 0 Å². The van der Waals surface area contributed by atoms with Gasteiger partial charge >= 0.3 is 6.18 Å². The maximum atomic E-state index is 12.2. The third-order valence-corrected chi connectivity index (χ3v) is 2.80. The molecule has 0 aliphatic carbocycles. The van der Waals surface area contributed by atoms with Crippen molar-refractivity contribution in [3.8, 4) is 0 Å². The summed E-state index contributed by atoms with van der Waals surface area (Å²) in [6.07, 6.45) is -2.56. The van der Waals surface area contributed by atoms with Crippen LogP contribution in [0, 0.1) is 5.92 Å². The van der Waals surface area contributed by atoms with Crippen molar-refractivity contribution in [2.24, 2.45) is 5.92 Å². The lowest BCUT2D eigenvalue weighted by Gasteiger charge is -2.27. The van der Waals surface area contributed by atoms with Crippen molar-refractivity contribution in [3.63, 3.8) is 0 Å². The van der Waals surface area contributed by atoms with Crippen LogP contribution in [0.2, 0.25) is 0 Å². The zero-order valence-electron chi connectivity index (χ0n) is 8.99. The predicted octanol–water partition coefficient (Wildman–Crippen LogP) is 3.52. The molecule has 0 bridgehead atoms. The van der Waals surface area contributed by atoms with Gasteiger partial charge in [-0.1, -0.05) is 26.7 Å². The number of alkyl halides is 3. The molecule has 0 rings (SSSR count). The average molecular weight is 212 g/mol. The van der Waals surface area contributed by atoms with Crippen molar-refractivity contribution in [3.05, 3.63) is 0 Å². The van der Waals surface area contributed by atoms with Crippen LogP contribution < -0.4 is 0 Å². The van der Waals surface area contributed by atoms with Gasteiger partial charge < -0.3 is 5.11 Å². The maximum absolute atomic E-state index is 12.2. The molecule has 0 fully saturated rings. The predicted molar refractivity (Wildman–Crippen MR) is 50.0 cm³/mol. The molecule has 0 aromatic carbocycles. The fourth-order valence-corrected chi connectivity index (χ4v) is 1.32. The first kappa shape index (κ1) is 13.8. The Hall–Kier alpha value is -0.250. The summed E-state index contributed by atoms with van der Waals surface area (Å²) in [6.45, 7) is 4.75. The molecule has 1 atom stereocenters. The van der Waals surface area contributed by atoms with Gasteiger partial charge in [-0.25, -0.2) is 0 Å². The summed E-state index contributed by atoms with van der Waals surface area (Å²) in [5, 5.41) is 9.17. The Kier molecular flexibility index (Phi) is 4.92.